The molecule has 2 aromatic heterocycles. The van der Waals surface area contributed by atoms with E-state index in [0.717, 1.165) is 10.9 Å². The minimum Gasteiger partial charge on any atom is -0.278 e. The number of aromatic nitrogens is 5. The second-order valence-corrected chi connectivity index (χ2v) is 6.44. The van der Waals surface area contributed by atoms with E-state index in [1.807, 2.05) is 0 Å². The van der Waals surface area contributed by atoms with E-state index in [1.54, 1.807) is 24.4 Å². The molecule has 0 spiro atoms. The van der Waals surface area contributed by atoms with Crippen molar-refractivity contribution in [2.75, 3.05) is 4.72 Å². The van der Waals surface area contributed by atoms with Crippen molar-refractivity contribution in [1.29, 1.82) is 0 Å². The summed E-state index contributed by atoms with van der Waals surface area (Å²) in [5, 5.41) is 14.8. The smallest absolute Gasteiger partial charge is 0.278 e. The van der Waals surface area contributed by atoms with Crippen LogP contribution in [0.15, 0.2) is 34.0 Å². The minimum atomic E-state index is -3.78. The van der Waals surface area contributed by atoms with Gasteiger partial charge in [0.05, 0.1) is 17.4 Å². The number of H-pyrrole nitrogens is 1. The van der Waals surface area contributed by atoms with E-state index >= 15 is 0 Å². The third kappa shape index (κ3) is 2.16. The zero-order valence-electron chi connectivity index (χ0n) is 10.2. The molecule has 3 aromatic rings. The number of fused-ring (bicyclic) bond motifs is 1. The fraction of sp³-hybridized carbons (Fsp3) is 0.100. The molecule has 3 rings (SSSR count). The van der Waals surface area contributed by atoms with E-state index in [-0.39, 0.29) is 9.63 Å². The number of hydrogen-bond acceptors (Lipinski definition) is 5. The van der Waals surface area contributed by atoms with Crippen LogP contribution in [-0.2, 0) is 17.1 Å². The van der Waals surface area contributed by atoms with Gasteiger partial charge >= 0.3 is 0 Å². The van der Waals surface area contributed by atoms with E-state index in [9.17, 15) is 8.42 Å². The Bertz CT molecular complexity index is 865. The Kier molecular flexibility index (Phi) is 2.98. The maximum absolute atomic E-state index is 12.3. The first-order valence-electron chi connectivity index (χ1n) is 5.48. The quantitative estimate of drug-likeness (QED) is 0.734. The fourth-order valence-corrected chi connectivity index (χ4v) is 3.96. The molecule has 0 unspecified atom stereocenters. The number of benzene rings is 1. The van der Waals surface area contributed by atoms with Crippen LogP contribution in [0, 0.1) is 0 Å². The van der Waals surface area contributed by atoms with E-state index < -0.39 is 10.0 Å². The van der Waals surface area contributed by atoms with Gasteiger partial charge in [0.2, 0.25) is 5.03 Å². The lowest BCUT2D eigenvalue weighted by molar-refractivity contribution is 0.578. The van der Waals surface area contributed by atoms with Gasteiger partial charge in [-0.05, 0) is 34.1 Å². The predicted molar refractivity (Wildman–Crippen MR) is 75.6 cm³/mol. The molecular formula is C10H9BrN6O2S. The molecule has 0 bridgehead atoms. The molecule has 0 saturated heterocycles. The van der Waals surface area contributed by atoms with Gasteiger partial charge in [0.15, 0.2) is 4.60 Å². The number of anilines is 1. The highest BCUT2D eigenvalue weighted by molar-refractivity contribution is 9.10. The monoisotopic (exact) mass is 356 g/mol. The highest BCUT2D eigenvalue weighted by Gasteiger charge is 2.24. The highest BCUT2D eigenvalue weighted by Crippen LogP contribution is 2.23. The van der Waals surface area contributed by atoms with Crippen molar-refractivity contribution in [2.24, 2.45) is 7.05 Å². The van der Waals surface area contributed by atoms with Crippen LogP contribution < -0.4 is 4.72 Å². The standard InChI is InChI=1S/C10H9BrN6O2S/c1-17-10(9(11)14-16-17)20(18,19)15-7-3-2-6-5-12-13-8(6)4-7/h2-5,15H,1H3,(H,12,13). The molecule has 8 nitrogen and oxygen atoms in total. The molecule has 0 aliphatic carbocycles. The minimum absolute atomic E-state index is 0.0396. The average molecular weight is 357 g/mol. The lowest BCUT2D eigenvalue weighted by Crippen LogP contribution is -2.17. The normalized spacial score (nSPS) is 11.9. The molecule has 20 heavy (non-hydrogen) atoms. The summed E-state index contributed by atoms with van der Waals surface area (Å²) in [6.07, 6.45) is 1.66. The Balaban J connectivity index is 2.01. The van der Waals surface area contributed by atoms with E-state index in [1.165, 1.54) is 11.7 Å². The van der Waals surface area contributed by atoms with Gasteiger partial charge in [-0.3, -0.25) is 9.82 Å². The van der Waals surface area contributed by atoms with Crippen molar-refractivity contribution >= 4 is 42.5 Å². The van der Waals surface area contributed by atoms with Crippen LogP contribution in [0.25, 0.3) is 10.9 Å². The zero-order valence-corrected chi connectivity index (χ0v) is 12.6. The number of nitrogens with one attached hydrogen (secondary N) is 2. The molecular weight excluding hydrogens is 348 g/mol. The van der Waals surface area contributed by atoms with Crippen LogP contribution in [0.3, 0.4) is 0 Å². The number of sulfonamides is 1. The number of hydrogen-bond donors (Lipinski definition) is 2. The molecule has 0 fully saturated rings. The van der Waals surface area contributed by atoms with Crippen molar-refractivity contribution in [3.63, 3.8) is 0 Å². The summed E-state index contributed by atoms with van der Waals surface area (Å²) in [5.74, 6) is 0. The van der Waals surface area contributed by atoms with Crippen molar-refractivity contribution in [3.05, 3.63) is 29.0 Å². The molecule has 2 N–H and O–H groups in total. The van der Waals surface area contributed by atoms with E-state index in [2.05, 4.69) is 41.2 Å². The first kappa shape index (κ1) is 13.1. The van der Waals surface area contributed by atoms with Gasteiger partial charge in [0.25, 0.3) is 10.0 Å². The Labute approximate surface area is 122 Å². The summed E-state index contributed by atoms with van der Waals surface area (Å²) in [6, 6.07) is 5.10. The van der Waals surface area contributed by atoms with Gasteiger partial charge in [-0.2, -0.15) is 13.5 Å². The highest BCUT2D eigenvalue weighted by atomic mass is 79.9. The average Bonchev–Trinajstić information content (AvgIpc) is 2.95. The molecule has 0 saturated carbocycles. The fourth-order valence-electron chi connectivity index (χ4n) is 1.81. The van der Waals surface area contributed by atoms with Crippen molar-refractivity contribution < 1.29 is 8.42 Å². The maximum atomic E-state index is 12.3. The third-order valence-corrected chi connectivity index (χ3v) is 4.95. The van der Waals surface area contributed by atoms with Crippen molar-refractivity contribution in [3.8, 4) is 0 Å². The first-order valence-corrected chi connectivity index (χ1v) is 7.76. The van der Waals surface area contributed by atoms with Crippen LogP contribution in [0.1, 0.15) is 0 Å². The summed E-state index contributed by atoms with van der Waals surface area (Å²) in [7, 11) is -2.27. The van der Waals surface area contributed by atoms with Crippen LogP contribution in [0.2, 0.25) is 0 Å². The predicted octanol–water partition coefficient (Wildman–Crippen LogP) is 1.25. The maximum Gasteiger partial charge on any atom is 0.281 e. The number of aryl methyl sites for hydroxylation is 1. The van der Waals surface area contributed by atoms with Crippen molar-refractivity contribution in [1.82, 2.24) is 25.2 Å². The van der Waals surface area contributed by atoms with Gasteiger partial charge in [-0.15, -0.1) is 5.10 Å². The van der Waals surface area contributed by atoms with Gasteiger partial charge in [0, 0.05) is 12.4 Å². The van der Waals surface area contributed by atoms with Gasteiger partial charge < -0.3 is 0 Å². The van der Waals surface area contributed by atoms with Crippen LogP contribution in [-0.4, -0.2) is 33.6 Å². The molecule has 0 aliphatic heterocycles. The first-order chi connectivity index (χ1) is 9.47. The number of aromatic amines is 1. The van der Waals surface area contributed by atoms with Gasteiger partial charge in [-0.25, -0.2) is 4.68 Å². The third-order valence-electron chi connectivity index (χ3n) is 2.69. The Morgan fingerprint density at radius 1 is 1.40 bits per heavy atom. The summed E-state index contributed by atoms with van der Waals surface area (Å²) in [4.78, 5) is 0. The Morgan fingerprint density at radius 3 is 2.90 bits per heavy atom. The largest absolute Gasteiger partial charge is 0.281 e. The summed E-state index contributed by atoms with van der Waals surface area (Å²) < 4.78 is 28.4. The lowest BCUT2D eigenvalue weighted by atomic mass is 10.2. The zero-order chi connectivity index (χ0) is 14.3. The molecule has 2 heterocycles. The van der Waals surface area contributed by atoms with Crippen LogP contribution in [0.4, 0.5) is 5.69 Å². The lowest BCUT2D eigenvalue weighted by Gasteiger charge is -2.07. The van der Waals surface area contributed by atoms with Gasteiger partial charge in [-0.1, -0.05) is 5.21 Å². The van der Waals surface area contributed by atoms with Gasteiger partial charge in [0.1, 0.15) is 0 Å². The SMILES string of the molecule is Cn1nnc(Br)c1S(=O)(=O)Nc1ccc2cn[nH]c2c1. The molecule has 0 amide bonds. The molecule has 0 atom stereocenters. The van der Waals surface area contributed by atoms with Crippen LogP contribution >= 0.6 is 15.9 Å². The Hall–Kier alpha value is -1.94. The van der Waals surface area contributed by atoms with E-state index in [4.69, 9.17) is 0 Å². The van der Waals surface area contributed by atoms with E-state index in [0.29, 0.717) is 5.69 Å². The molecule has 10 heteroatoms. The molecule has 0 radical (unpaired) electrons. The number of halogens is 1. The van der Waals surface area contributed by atoms with Crippen molar-refractivity contribution in [2.45, 2.75) is 5.03 Å². The second kappa shape index (κ2) is 4.56. The second-order valence-electron chi connectivity index (χ2n) is 4.09. The number of rotatable bonds is 3. The Morgan fingerprint density at radius 2 is 2.20 bits per heavy atom. The molecule has 0 aliphatic rings. The topological polar surface area (TPSA) is 106 Å². The molecule has 104 valence electrons. The summed E-state index contributed by atoms with van der Waals surface area (Å²) >= 11 is 3.07. The number of nitrogens with zero attached hydrogens (tertiary/aromatic N) is 4. The van der Waals surface area contributed by atoms with Crippen LogP contribution in [0.5, 0.6) is 0 Å². The summed E-state index contributed by atoms with van der Waals surface area (Å²) in [5.41, 5.74) is 1.17. The molecule has 1 aromatic carbocycles. The summed E-state index contributed by atoms with van der Waals surface area (Å²) in [6.45, 7) is 0.